The molecule has 0 aromatic heterocycles. The van der Waals surface area contributed by atoms with Gasteiger partial charge in [0.1, 0.15) is 0 Å². The molecule has 1 aliphatic rings. The van der Waals surface area contributed by atoms with Crippen LogP contribution in [-0.2, 0) is 0 Å². The highest BCUT2D eigenvalue weighted by Crippen LogP contribution is 2.31. The van der Waals surface area contributed by atoms with Gasteiger partial charge in [0.2, 0.25) is 0 Å². The van der Waals surface area contributed by atoms with E-state index in [1.54, 1.807) is 0 Å². The van der Waals surface area contributed by atoms with E-state index in [-0.39, 0.29) is 0 Å². The molecular formula is C17H22F3N. The van der Waals surface area contributed by atoms with E-state index in [4.69, 9.17) is 0 Å². The minimum Gasteiger partial charge on any atom is -0.313 e. The van der Waals surface area contributed by atoms with Crippen molar-refractivity contribution in [2.75, 3.05) is 13.1 Å². The molecule has 0 unspecified atom stereocenters. The van der Waals surface area contributed by atoms with E-state index < -0.39 is 17.5 Å². The van der Waals surface area contributed by atoms with Gasteiger partial charge in [-0.25, -0.2) is 13.2 Å². The first-order valence-electron chi connectivity index (χ1n) is 7.67. The fourth-order valence-corrected chi connectivity index (χ4v) is 2.93. The molecule has 2 rings (SSSR count). The fraction of sp³-hybridized carbons (Fsp3) is 0.529. The quantitative estimate of drug-likeness (QED) is 0.778. The second-order valence-corrected chi connectivity index (χ2v) is 5.63. The molecular weight excluding hydrogens is 275 g/mol. The molecule has 0 radical (unpaired) electrons. The van der Waals surface area contributed by atoms with Crippen molar-refractivity contribution >= 4 is 6.08 Å². The largest absolute Gasteiger partial charge is 0.313 e. The number of hydrogen-bond acceptors (Lipinski definition) is 1. The van der Waals surface area contributed by atoms with Gasteiger partial charge in [-0.15, -0.1) is 0 Å². The Bertz CT molecular complexity index is 482. The number of likely N-dealkylation sites (N-methyl/N-ethyl adjacent to an activating group) is 1. The van der Waals surface area contributed by atoms with Crippen molar-refractivity contribution in [1.29, 1.82) is 0 Å². The maximum atomic E-state index is 13.3. The smallest absolute Gasteiger partial charge is 0.194 e. The van der Waals surface area contributed by atoms with Crippen LogP contribution in [0.25, 0.3) is 6.08 Å². The van der Waals surface area contributed by atoms with Gasteiger partial charge in [0.15, 0.2) is 17.5 Å². The van der Waals surface area contributed by atoms with Crippen LogP contribution < -0.4 is 5.32 Å². The first-order valence-corrected chi connectivity index (χ1v) is 7.67. The predicted molar refractivity (Wildman–Crippen MR) is 79.4 cm³/mol. The van der Waals surface area contributed by atoms with Crippen molar-refractivity contribution in [3.8, 4) is 0 Å². The predicted octanol–water partition coefficient (Wildman–Crippen LogP) is 4.68. The van der Waals surface area contributed by atoms with Crippen molar-refractivity contribution in [3.63, 3.8) is 0 Å². The van der Waals surface area contributed by atoms with E-state index in [9.17, 15) is 13.2 Å². The minimum atomic E-state index is -1.40. The van der Waals surface area contributed by atoms with Gasteiger partial charge in [-0.1, -0.05) is 37.8 Å². The second-order valence-electron chi connectivity index (χ2n) is 5.63. The SMILES string of the molecule is CCNC/C(=C/c1cc(F)c(F)c(F)c1)C1CCCCC1. The molecule has 1 nitrogen and oxygen atoms in total. The van der Waals surface area contributed by atoms with E-state index in [0.717, 1.165) is 37.1 Å². The van der Waals surface area contributed by atoms with Gasteiger partial charge in [-0.05, 0) is 43.0 Å². The summed E-state index contributed by atoms with van der Waals surface area (Å²) in [5.74, 6) is -3.22. The molecule has 1 aromatic rings. The lowest BCUT2D eigenvalue weighted by Gasteiger charge is -2.25. The van der Waals surface area contributed by atoms with Crippen LogP contribution in [0.1, 0.15) is 44.6 Å². The van der Waals surface area contributed by atoms with Gasteiger partial charge in [0.25, 0.3) is 0 Å². The summed E-state index contributed by atoms with van der Waals surface area (Å²) in [5.41, 5.74) is 1.55. The van der Waals surface area contributed by atoms with Gasteiger partial charge in [0.05, 0.1) is 0 Å². The molecule has 0 atom stereocenters. The normalized spacial score (nSPS) is 17.2. The molecule has 4 heteroatoms. The average Bonchev–Trinajstić information content (AvgIpc) is 2.49. The Morgan fingerprint density at radius 2 is 1.76 bits per heavy atom. The summed E-state index contributed by atoms with van der Waals surface area (Å²) >= 11 is 0. The van der Waals surface area contributed by atoms with Gasteiger partial charge >= 0.3 is 0 Å². The lowest BCUT2D eigenvalue weighted by Crippen LogP contribution is -2.22. The Kier molecular flexibility index (Phi) is 5.85. The van der Waals surface area contributed by atoms with Crippen LogP contribution >= 0.6 is 0 Å². The van der Waals surface area contributed by atoms with Crippen LogP contribution in [0, 0.1) is 23.4 Å². The van der Waals surface area contributed by atoms with Gasteiger partial charge in [0, 0.05) is 6.54 Å². The number of benzene rings is 1. The van der Waals surface area contributed by atoms with Crippen LogP contribution in [0.3, 0.4) is 0 Å². The van der Waals surface area contributed by atoms with Crippen molar-refractivity contribution < 1.29 is 13.2 Å². The van der Waals surface area contributed by atoms with Gasteiger partial charge < -0.3 is 5.32 Å². The maximum absolute atomic E-state index is 13.3. The fourth-order valence-electron chi connectivity index (χ4n) is 2.93. The van der Waals surface area contributed by atoms with E-state index in [0.29, 0.717) is 18.0 Å². The minimum absolute atomic E-state index is 0.393. The Morgan fingerprint density at radius 1 is 1.14 bits per heavy atom. The summed E-state index contributed by atoms with van der Waals surface area (Å²) in [6.45, 7) is 3.58. The third kappa shape index (κ3) is 4.34. The van der Waals surface area contributed by atoms with E-state index in [1.165, 1.54) is 19.3 Å². The van der Waals surface area contributed by atoms with Crippen LogP contribution in [0.5, 0.6) is 0 Å². The number of rotatable bonds is 5. The monoisotopic (exact) mass is 297 g/mol. The van der Waals surface area contributed by atoms with E-state index in [1.807, 2.05) is 13.0 Å². The highest BCUT2D eigenvalue weighted by molar-refractivity contribution is 5.54. The Hall–Kier alpha value is -1.29. The first kappa shape index (κ1) is 16.1. The molecule has 0 bridgehead atoms. The van der Waals surface area contributed by atoms with E-state index in [2.05, 4.69) is 5.32 Å². The standard InChI is InChI=1S/C17H22F3N/c1-2-21-11-14(13-6-4-3-5-7-13)8-12-9-15(18)17(20)16(19)10-12/h8-10,13,21H,2-7,11H2,1H3/b14-8-. The highest BCUT2D eigenvalue weighted by atomic mass is 19.2. The van der Waals surface area contributed by atoms with Crippen molar-refractivity contribution in [3.05, 3.63) is 40.7 Å². The number of nitrogens with one attached hydrogen (secondary N) is 1. The summed E-state index contributed by atoms with van der Waals surface area (Å²) in [6, 6.07) is 2.13. The molecule has 21 heavy (non-hydrogen) atoms. The maximum Gasteiger partial charge on any atom is 0.194 e. The average molecular weight is 297 g/mol. The van der Waals surface area contributed by atoms with E-state index >= 15 is 0 Å². The topological polar surface area (TPSA) is 12.0 Å². The molecule has 0 amide bonds. The molecule has 0 spiro atoms. The molecule has 1 aliphatic carbocycles. The Labute approximate surface area is 124 Å². The summed E-state index contributed by atoms with van der Waals surface area (Å²) in [4.78, 5) is 0. The summed E-state index contributed by atoms with van der Waals surface area (Å²) in [7, 11) is 0. The van der Waals surface area contributed by atoms with Crippen molar-refractivity contribution in [1.82, 2.24) is 5.32 Å². The Balaban J connectivity index is 2.25. The molecule has 0 saturated heterocycles. The molecule has 1 fully saturated rings. The molecule has 116 valence electrons. The third-order valence-electron chi connectivity index (χ3n) is 4.07. The van der Waals surface area contributed by atoms with Gasteiger partial charge in [-0.3, -0.25) is 0 Å². The lowest BCUT2D eigenvalue weighted by molar-refractivity contribution is 0.397. The van der Waals surface area contributed by atoms with Gasteiger partial charge in [-0.2, -0.15) is 0 Å². The van der Waals surface area contributed by atoms with Crippen LogP contribution in [-0.4, -0.2) is 13.1 Å². The Morgan fingerprint density at radius 3 is 2.33 bits per heavy atom. The second kappa shape index (κ2) is 7.64. The summed E-state index contributed by atoms with van der Waals surface area (Å²) < 4.78 is 39.7. The summed E-state index contributed by atoms with van der Waals surface area (Å²) in [6.07, 6.45) is 7.68. The third-order valence-corrected chi connectivity index (χ3v) is 4.07. The molecule has 1 N–H and O–H groups in total. The first-order chi connectivity index (χ1) is 10.1. The zero-order chi connectivity index (χ0) is 15.2. The number of halogens is 3. The summed E-state index contributed by atoms with van der Waals surface area (Å²) in [5, 5.41) is 3.28. The molecule has 1 saturated carbocycles. The van der Waals surface area contributed by atoms with Crippen LogP contribution in [0.15, 0.2) is 17.7 Å². The van der Waals surface area contributed by atoms with Crippen molar-refractivity contribution in [2.24, 2.45) is 5.92 Å². The molecule has 0 heterocycles. The van der Waals surface area contributed by atoms with Crippen LogP contribution in [0.4, 0.5) is 13.2 Å². The molecule has 0 aliphatic heterocycles. The number of hydrogen-bond donors (Lipinski definition) is 1. The zero-order valence-corrected chi connectivity index (χ0v) is 12.4. The highest BCUT2D eigenvalue weighted by Gasteiger charge is 2.18. The lowest BCUT2D eigenvalue weighted by atomic mass is 9.83. The van der Waals surface area contributed by atoms with Crippen LogP contribution in [0.2, 0.25) is 0 Å². The molecule has 1 aromatic carbocycles. The zero-order valence-electron chi connectivity index (χ0n) is 12.4. The van der Waals surface area contributed by atoms with Crippen molar-refractivity contribution in [2.45, 2.75) is 39.0 Å².